The molecule has 0 saturated heterocycles. The maximum Gasteiger partial charge on any atom is 0.261 e. The Hall–Kier alpha value is -3.02. The van der Waals surface area contributed by atoms with E-state index in [0.717, 1.165) is 23.1 Å². The standard InChI is InChI=1S/C19H16F2N2O2/c1-3-12-10(2)13-8-7-11(9-16(13)23-18(12)24)22-19(25)17-14(20)5-4-6-15(17)21/h4-9H,3H2,1-2H3,(H,22,25)(H,23,24). The number of pyridine rings is 1. The molecule has 0 fully saturated rings. The van der Waals surface area contributed by atoms with Crippen molar-refractivity contribution in [3.8, 4) is 0 Å². The molecule has 0 aliphatic carbocycles. The van der Waals surface area contributed by atoms with Crippen LogP contribution in [-0.2, 0) is 6.42 Å². The van der Waals surface area contributed by atoms with E-state index >= 15 is 0 Å². The molecule has 1 aromatic heterocycles. The predicted molar refractivity (Wildman–Crippen MR) is 93.0 cm³/mol. The number of aromatic nitrogens is 1. The third-order valence-electron chi connectivity index (χ3n) is 4.20. The second-order valence-corrected chi connectivity index (χ2v) is 5.72. The van der Waals surface area contributed by atoms with Gasteiger partial charge in [-0.3, -0.25) is 9.59 Å². The average Bonchev–Trinajstić information content (AvgIpc) is 2.54. The van der Waals surface area contributed by atoms with Crippen LogP contribution in [0.4, 0.5) is 14.5 Å². The van der Waals surface area contributed by atoms with Crippen LogP contribution in [-0.4, -0.2) is 10.9 Å². The number of carbonyl (C=O) groups excluding carboxylic acids is 1. The normalized spacial score (nSPS) is 10.9. The molecule has 0 saturated carbocycles. The highest BCUT2D eigenvalue weighted by Crippen LogP contribution is 2.22. The van der Waals surface area contributed by atoms with Crippen LogP contribution in [0.15, 0.2) is 41.2 Å². The summed E-state index contributed by atoms with van der Waals surface area (Å²) in [6, 6.07) is 8.18. The number of hydrogen-bond donors (Lipinski definition) is 2. The lowest BCUT2D eigenvalue weighted by molar-refractivity contribution is 0.101. The van der Waals surface area contributed by atoms with Gasteiger partial charge in [0.25, 0.3) is 11.5 Å². The summed E-state index contributed by atoms with van der Waals surface area (Å²) in [4.78, 5) is 27.0. The van der Waals surface area contributed by atoms with E-state index in [1.807, 2.05) is 13.8 Å². The summed E-state index contributed by atoms with van der Waals surface area (Å²) in [5.41, 5.74) is 1.63. The maximum atomic E-state index is 13.7. The van der Waals surface area contributed by atoms with Crippen molar-refractivity contribution in [3.63, 3.8) is 0 Å². The average molecular weight is 342 g/mol. The minimum atomic E-state index is -0.935. The Balaban J connectivity index is 2.00. The molecule has 0 aliphatic rings. The number of benzene rings is 2. The molecule has 3 aromatic rings. The summed E-state index contributed by atoms with van der Waals surface area (Å²) in [5.74, 6) is -2.76. The number of rotatable bonds is 3. The van der Waals surface area contributed by atoms with Crippen molar-refractivity contribution in [2.24, 2.45) is 0 Å². The number of hydrogen-bond acceptors (Lipinski definition) is 2. The van der Waals surface area contributed by atoms with E-state index in [-0.39, 0.29) is 5.56 Å². The van der Waals surface area contributed by atoms with Crippen molar-refractivity contribution in [2.75, 3.05) is 5.32 Å². The largest absolute Gasteiger partial charge is 0.322 e. The van der Waals surface area contributed by atoms with Crippen LogP contribution in [0, 0.1) is 18.6 Å². The third kappa shape index (κ3) is 3.03. The summed E-state index contributed by atoms with van der Waals surface area (Å²) in [6.07, 6.45) is 0.613. The first-order valence-corrected chi connectivity index (χ1v) is 7.83. The molecule has 0 bridgehead atoms. The molecule has 6 heteroatoms. The van der Waals surface area contributed by atoms with Gasteiger partial charge in [-0.2, -0.15) is 0 Å². The van der Waals surface area contributed by atoms with Crippen LogP contribution >= 0.6 is 0 Å². The van der Waals surface area contributed by atoms with E-state index in [1.54, 1.807) is 18.2 Å². The van der Waals surface area contributed by atoms with Gasteiger partial charge in [-0.15, -0.1) is 0 Å². The Morgan fingerprint density at radius 2 is 1.84 bits per heavy atom. The lowest BCUT2D eigenvalue weighted by Gasteiger charge is -2.10. The fourth-order valence-electron chi connectivity index (χ4n) is 2.92. The zero-order valence-corrected chi connectivity index (χ0v) is 13.7. The molecular weight excluding hydrogens is 326 g/mol. The molecular formula is C19H16F2N2O2. The van der Waals surface area contributed by atoms with Crippen LogP contribution in [0.25, 0.3) is 10.9 Å². The number of halogens is 2. The Bertz CT molecular complexity index is 1020. The van der Waals surface area contributed by atoms with Crippen LogP contribution in [0.2, 0.25) is 0 Å². The van der Waals surface area contributed by atoms with E-state index in [0.29, 0.717) is 23.2 Å². The molecule has 0 atom stereocenters. The molecule has 0 spiro atoms. The number of amides is 1. The monoisotopic (exact) mass is 342 g/mol. The van der Waals surface area contributed by atoms with Crippen molar-refractivity contribution < 1.29 is 13.6 Å². The predicted octanol–water partition coefficient (Wildman–Crippen LogP) is 3.93. The first-order chi connectivity index (χ1) is 11.9. The van der Waals surface area contributed by atoms with Gasteiger partial charge in [-0.1, -0.05) is 19.1 Å². The van der Waals surface area contributed by atoms with Gasteiger partial charge in [0.15, 0.2) is 0 Å². The van der Waals surface area contributed by atoms with Crippen molar-refractivity contribution in [3.05, 3.63) is 75.1 Å². The van der Waals surface area contributed by atoms with Gasteiger partial charge in [0.1, 0.15) is 17.2 Å². The molecule has 2 N–H and O–H groups in total. The highest BCUT2D eigenvalue weighted by Gasteiger charge is 2.17. The van der Waals surface area contributed by atoms with E-state index < -0.39 is 23.1 Å². The van der Waals surface area contributed by atoms with Crippen molar-refractivity contribution in [1.82, 2.24) is 4.98 Å². The lowest BCUT2D eigenvalue weighted by Crippen LogP contribution is -2.17. The van der Waals surface area contributed by atoms with Gasteiger partial charge in [-0.25, -0.2) is 8.78 Å². The summed E-state index contributed by atoms with van der Waals surface area (Å²) in [5, 5.41) is 3.31. The Morgan fingerprint density at radius 1 is 1.16 bits per heavy atom. The molecule has 3 rings (SSSR count). The van der Waals surface area contributed by atoms with Crippen molar-refractivity contribution >= 4 is 22.5 Å². The second kappa shape index (κ2) is 6.47. The number of carbonyl (C=O) groups is 1. The quantitative estimate of drug-likeness (QED) is 0.757. The first-order valence-electron chi connectivity index (χ1n) is 7.83. The molecule has 0 radical (unpaired) electrons. The summed E-state index contributed by atoms with van der Waals surface area (Å²) in [7, 11) is 0. The van der Waals surface area contributed by atoms with Crippen LogP contribution < -0.4 is 10.9 Å². The lowest BCUT2D eigenvalue weighted by atomic mass is 10.0. The smallest absolute Gasteiger partial charge is 0.261 e. The Morgan fingerprint density at radius 3 is 2.48 bits per heavy atom. The molecule has 25 heavy (non-hydrogen) atoms. The van der Waals surface area contributed by atoms with Crippen LogP contribution in [0.3, 0.4) is 0 Å². The summed E-state index contributed by atoms with van der Waals surface area (Å²) < 4.78 is 27.4. The molecule has 1 heterocycles. The highest BCUT2D eigenvalue weighted by molar-refractivity contribution is 6.05. The van der Waals surface area contributed by atoms with E-state index in [1.165, 1.54) is 6.07 Å². The summed E-state index contributed by atoms with van der Waals surface area (Å²) in [6.45, 7) is 3.77. The van der Waals surface area contributed by atoms with E-state index in [9.17, 15) is 18.4 Å². The SMILES string of the molecule is CCc1c(C)c2ccc(NC(=O)c3c(F)cccc3F)cc2[nH]c1=O. The topological polar surface area (TPSA) is 62.0 Å². The third-order valence-corrected chi connectivity index (χ3v) is 4.20. The van der Waals surface area contributed by atoms with Gasteiger partial charge >= 0.3 is 0 Å². The van der Waals surface area contributed by atoms with Crippen LogP contribution in [0.1, 0.15) is 28.4 Å². The number of anilines is 1. The molecule has 0 aliphatic heterocycles. The number of nitrogens with one attached hydrogen (secondary N) is 2. The van der Waals surface area contributed by atoms with Gasteiger partial charge in [0.05, 0.1) is 5.52 Å². The van der Waals surface area contributed by atoms with Gasteiger partial charge in [0, 0.05) is 16.6 Å². The number of H-pyrrole nitrogens is 1. The Kier molecular flexibility index (Phi) is 4.35. The Labute approximate surface area is 142 Å². The zero-order valence-electron chi connectivity index (χ0n) is 13.7. The maximum absolute atomic E-state index is 13.7. The molecule has 128 valence electrons. The minimum Gasteiger partial charge on any atom is -0.322 e. The van der Waals surface area contributed by atoms with Gasteiger partial charge < -0.3 is 10.3 Å². The fraction of sp³-hybridized carbons (Fsp3) is 0.158. The van der Waals surface area contributed by atoms with E-state index in [2.05, 4.69) is 10.3 Å². The van der Waals surface area contributed by atoms with Gasteiger partial charge in [-0.05, 0) is 43.2 Å². The second-order valence-electron chi connectivity index (χ2n) is 5.72. The van der Waals surface area contributed by atoms with E-state index in [4.69, 9.17) is 0 Å². The fourth-order valence-corrected chi connectivity index (χ4v) is 2.92. The molecule has 0 unspecified atom stereocenters. The minimum absolute atomic E-state index is 0.184. The number of aryl methyl sites for hydroxylation is 1. The molecule has 4 nitrogen and oxygen atoms in total. The van der Waals surface area contributed by atoms with Crippen molar-refractivity contribution in [2.45, 2.75) is 20.3 Å². The molecule has 1 amide bonds. The number of fused-ring (bicyclic) bond motifs is 1. The molecule has 2 aromatic carbocycles. The summed E-state index contributed by atoms with van der Waals surface area (Å²) >= 11 is 0. The van der Waals surface area contributed by atoms with Crippen LogP contribution in [0.5, 0.6) is 0 Å². The van der Waals surface area contributed by atoms with Gasteiger partial charge in [0.2, 0.25) is 0 Å². The zero-order chi connectivity index (χ0) is 18.1. The van der Waals surface area contributed by atoms with Crippen molar-refractivity contribution in [1.29, 1.82) is 0 Å². The number of aromatic amines is 1. The first kappa shape index (κ1) is 16.8. The highest BCUT2D eigenvalue weighted by atomic mass is 19.1.